The third-order valence-electron chi connectivity index (χ3n) is 0.827. The van der Waals surface area contributed by atoms with Gasteiger partial charge in [0, 0.05) is 14.1 Å². The van der Waals surface area contributed by atoms with Gasteiger partial charge in [0.05, 0.1) is 6.54 Å². The summed E-state index contributed by atoms with van der Waals surface area (Å²) in [6, 6.07) is 0. The van der Waals surface area contributed by atoms with Gasteiger partial charge >= 0.3 is 0 Å². The van der Waals surface area contributed by atoms with Crippen LogP contribution in [-0.2, 0) is 4.79 Å². The Labute approximate surface area is 61.8 Å². The van der Waals surface area contributed by atoms with E-state index in [2.05, 4.69) is 5.32 Å². The summed E-state index contributed by atoms with van der Waals surface area (Å²) < 4.78 is 0. The summed E-state index contributed by atoms with van der Waals surface area (Å²) in [7, 11) is 5.22. The molecule has 0 radical (unpaired) electrons. The van der Waals surface area contributed by atoms with Crippen molar-refractivity contribution in [2.75, 3.05) is 27.7 Å². The minimum atomic E-state index is 0. The third-order valence-corrected chi connectivity index (χ3v) is 0.827. The van der Waals surface area contributed by atoms with E-state index in [1.807, 2.05) is 0 Å². The molecule has 0 unspecified atom stereocenters. The van der Waals surface area contributed by atoms with Gasteiger partial charge < -0.3 is 10.2 Å². The maximum atomic E-state index is 10.6. The number of likely N-dealkylation sites (N-methyl/N-ethyl adjacent to an activating group) is 2. The van der Waals surface area contributed by atoms with E-state index < -0.39 is 0 Å². The van der Waals surface area contributed by atoms with Gasteiger partial charge in [-0.2, -0.15) is 0 Å². The topological polar surface area (TPSA) is 32.3 Å². The van der Waals surface area contributed by atoms with Crippen molar-refractivity contribution < 1.29 is 4.79 Å². The van der Waals surface area contributed by atoms with Crippen LogP contribution in [0.3, 0.4) is 0 Å². The van der Waals surface area contributed by atoms with E-state index in [4.69, 9.17) is 0 Å². The Hall–Kier alpha value is -0.280. The quantitative estimate of drug-likeness (QED) is 0.590. The zero-order valence-corrected chi connectivity index (χ0v) is 6.79. The van der Waals surface area contributed by atoms with Crippen molar-refractivity contribution in [1.82, 2.24) is 10.2 Å². The molecule has 0 spiro atoms. The molecule has 0 aliphatic heterocycles. The molecule has 1 amide bonds. The highest BCUT2D eigenvalue weighted by atomic mass is 35.5. The van der Waals surface area contributed by atoms with E-state index in [-0.39, 0.29) is 18.3 Å². The number of amides is 1. The Bertz CT molecular complexity index is 85.0. The van der Waals surface area contributed by atoms with Crippen molar-refractivity contribution in [3.05, 3.63) is 0 Å². The minimum absolute atomic E-state index is 0. The van der Waals surface area contributed by atoms with Crippen molar-refractivity contribution >= 4 is 18.3 Å². The molecule has 3 nitrogen and oxygen atoms in total. The molecule has 0 saturated carbocycles. The Morgan fingerprint density at radius 2 is 2.00 bits per heavy atom. The van der Waals surface area contributed by atoms with Crippen LogP contribution in [0, 0.1) is 0 Å². The van der Waals surface area contributed by atoms with Gasteiger partial charge in [-0.25, -0.2) is 0 Å². The normalized spacial score (nSPS) is 7.89. The summed E-state index contributed by atoms with van der Waals surface area (Å²) in [6.07, 6.45) is 0. The second kappa shape index (κ2) is 5.85. The van der Waals surface area contributed by atoms with Crippen molar-refractivity contribution in [3.63, 3.8) is 0 Å². The van der Waals surface area contributed by atoms with Gasteiger partial charge in [0.15, 0.2) is 0 Å². The van der Waals surface area contributed by atoms with Crippen molar-refractivity contribution in [2.24, 2.45) is 0 Å². The number of carbonyl (C=O) groups excluding carboxylic acids is 1. The number of carbonyl (C=O) groups is 1. The zero-order chi connectivity index (χ0) is 6.57. The van der Waals surface area contributed by atoms with Gasteiger partial charge in [-0.05, 0) is 7.05 Å². The average molecular weight is 153 g/mol. The molecule has 0 aromatic carbocycles. The highest BCUT2D eigenvalue weighted by molar-refractivity contribution is 5.85. The van der Waals surface area contributed by atoms with Crippen LogP contribution < -0.4 is 5.32 Å². The lowest BCUT2D eigenvalue weighted by Crippen LogP contribution is -2.30. The molecule has 4 heteroatoms. The first-order chi connectivity index (χ1) is 3.68. The molecule has 0 aromatic heterocycles. The van der Waals surface area contributed by atoms with Crippen LogP contribution in [0.1, 0.15) is 0 Å². The molecule has 0 fully saturated rings. The van der Waals surface area contributed by atoms with Gasteiger partial charge in [-0.3, -0.25) is 4.79 Å². The monoisotopic (exact) mass is 152 g/mol. The first-order valence-corrected chi connectivity index (χ1v) is 2.53. The first kappa shape index (κ1) is 11.5. The smallest absolute Gasteiger partial charge is 0.235 e. The fourth-order valence-corrected chi connectivity index (χ4v) is 0.309. The van der Waals surface area contributed by atoms with Gasteiger partial charge in [-0.1, -0.05) is 0 Å². The Balaban J connectivity index is 0. The maximum Gasteiger partial charge on any atom is 0.235 e. The van der Waals surface area contributed by atoms with Gasteiger partial charge in [0.2, 0.25) is 5.91 Å². The van der Waals surface area contributed by atoms with E-state index >= 15 is 0 Å². The highest BCUT2D eigenvalue weighted by Gasteiger charge is 1.98. The van der Waals surface area contributed by atoms with Gasteiger partial charge in [0.25, 0.3) is 0 Å². The number of hydrogen-bond donors (Lipinski definition) is 1. The molecular weight excluding hydrogens is 140 g/mol. The predicted molar refractivity (Wildman–Crippen MR) is 39.9 cm³/mol. The molecule has 0 bridgehead atoms. The summed E-state index contributed by atoms with van der Waals surface area (Å²) in [5.74, 6) is 0.104. The number of hydrogen-bond acceptors (Lipinski definition) is 2. The summed E-state index contributed by atoms with van der Waals surface area (Å²) >= 11 is 0. The molecule has 1 N–H and O–H groups in total. The van der Waals surface area contributed by atoms with Crippen LogP contribution in [0.15, 0.2) is 0 Å². The van der Waals surface area contributed by atoms with E-state index in [1.165, 1.54) is 0 Å². The first-order valence-electron chi connectivity index (χ1n) is 2.53. The second-order valence-electron chi connectivity index (χ2n) is 1.82. The molecular formula is C5H13ClN2O. The molecule has 56 valence electrons. The average Bonchev–Trinajstić information content (AvgIpc) is 1.67. The lowest BCUT2D eigenvalue weighted by molar-refractivity contribution is -0.127. The maximum absolute atomic E-state index is 10.6. The number of rotatable bonds is 2. The number of nitrogens with zero attached hydrogens (tertiary/aromatic N) is 1. The van der Waals surface area contributed by atoms with Gasteiger partial charge in [0.1, 0.15) is 0 Å². The SMILES string of the molecule is CNCC(=O)N(C)C.Cl. The standard InChI is InChI=1S/C5H12N2O.ClH/c1-6-4-5(8)7(2)3;/h6H,4H2,1-3H3;1H. The van der Waals surface area contributed by atoms with E-state index in [1.54, 1.807) is 26.0 Å². The Morgan fingerprint density at radius 3 is 2.11 bits per heavy atom. The molecule has 9 heavy (non-hydrogen) atoms. The van der Waals surface area contributed by atoms with E-state index in [0.717, 1.165) is 0 Å². The Kier molecular flexibility index (Phi) is 7.48. The van der Waals surface area contributed by atoms with Crippen molar-refractivity contribution in [1.29, 1.82) is 0 Å². The lowest BCUT2D eigenvalue weighted by atomic mass is 10.5. The van der Waals surface area contributed by atoms with Crippen LogP contribution in [0.4, 0.5) is 0 Å². The van der Waals surface area contributed by atoms with Crippen LogP contribution in [0.2, 0.25) is 0 Å². The van der Waals surface area contributed by atoms with Crippen LogP contribution >= 0.6 is 12.4 Å². The second-order valence-corrected chi connectivity index (χ2v) is 1.82. The fraction of sp³-hybridized carbons (Fsp3) is 0.800. The Morgan fingerprint density at radius 1 is 1.56 bits per heavy atom. The van der Waals surface area contributed by atoms with Crippen LogP contribution in [0.25, 0.3) is 0 Å². The summed E-state index contributed by atoms with van der Waals surface area (Å²) in [5.41, 5.74) is 0. The molecule has 0 heterocycles. The largest absolute Gasteiger partial charge is 0.348 e. The molecule has 0 saturated heterocycles. The third kappa shape index (κ3) is 5.59. The van der Waals surface area contributed by atoms with E-state index in [9.17, 15) is 4.79 Å². The van der Waals surface area contributed by atoms with Crippen molar-refractivity contribution in [3.8, 4) is 0 Å². The molecule has 0 atom stereocenters. The summed E-state index contributed by atoms with van der Waals surface area (Å²) in [5, 5.41) is 2.76. The molecule has 0 aliphatic carbocycles. The molecule has 0 aromatic rings. The zero-order valence-electron chi connectivity index (χ0n) is 5.97. The van der Waals surface area contributed by atoms with Crippen LogP contribution in [-0.4, -0.2) is 38.5 Å². The van der Waals surface area contributed by atoms with Gasteiger partial charge in [-0.15, -0.1) is 12.4 Å². The van der Waals surface area contributed by atoms with Crippen LogP contribution in [0.5, 0.6) is 0 Å². The fourth-order valence-electron chi connectivity index (χ4n) is 0.309. The van der Waals surface area contributed by atoms with Crippen molar-refractivity contribution in [2.45, 2.75) is 0 Å². The lowest BCUT2D eigenvalue weighted by Gasteiger charge is -2.07. The molecule has 0 aliphatic rings. The minimum Gasteiger partial charge on any atom is -0.348 e. The summed E-state index contributed by atoms with van der Waals surface area (Å²) in [4.78, 5) is 12.2. The molecule has 0 rings (SSSR count). The predicted octanol–water partition coefficient (Wildman–Crippen LogP) is -0.284. The summed E-state index contributed by atoms with van der Waals surface area (Å²) in [6.45, 7) is 0.424. The van der Waals surface area contributed by atoms with E-state index in [0.29, 0.717) is 6.54 Å². The number of nitrogens with one attached hydrogen (secondary N) is 1. The number of halogens is 1. The highest BCUT2D eigenvalue weighted by Crippen LogP contribution is 1.72.